The smallest absolute Gasteiger partial charge is 0.123 e. The van der Waals surface area contributed by atoms with E-state index in [0.717, 1.165) is 21.4 Å². The molecule has 0 aromatic heterocycles. The van der Waals surface area contributed by atoms with Crippen LogP contribution < -0.4 is 4.74 Å². The van der Waals surface area contributed by atoms with Gasteiger partial charge in [-0.2, -0.15) is 0 Å². The summed E-state index contributed by atoms with van der Waals surface area (Å²) in [5.41, 5.74) is 0. The standard InChI is InChI=1S/C19H18O3S/c20-14(12-22-15-6-2-1-3-7-15)13-23-19-11-5-8-16-17(19)9-4-10-18(16)21/h1-11,14,20-21H,12-13H2. The zero-order valence-electron chi connectivity index (χ0n) is 12.6. The molecule has 0 bridgehead atoms. The van der Waals surface area contributed by atoms with E-state index >= 15 is 0 Å². The van der Waals surface area contributed by atoms with Crippen molar-refractivity contribution in [3.63, 3.8) is 0 Å². The van der Waals surface area contributed by atoms with Crippen LogP contribution >= 0.6 is 11.8 Å². The number of aliphatic hydroxyl groups excluding tert-OH is 1. The maximum Gasteiger partial charge on any atom is 0.123 e. The molecular weight excluding hydrogens is 308 g/mol. The van der Waals surface area contributed by atoms with E-state index in [4.69, 9.17) is 4.74 Å². The maximum atomic E-state index is 10.1. The lowest BCUT2D eigenvalue weighted by molar-refractivity contribution is 0.126. The van der Waals surface area contributed by atoms with Gasteiger partial charge in [0.15, 0.2) is 0 Å². The van der Waals surface area contributed by atoms with Gasteiger partial charge in [-0.1, -0.05) is 42.5 Å². The Morgan fingerprint density at radius 3 is 2.43 bits per heavy atom. The van der Waals surface area contributed by atoms with E-state index in [1.165, 1.54) is 0 Å². The number of aromatic hydroxyl groups is 1. The maximum absolute atomic E-state index is 10.1. The van der Waals surface area contributed by atoms with Crippen molar-refractivity contribution in [2.75, 3.05) is 12.4 Å². The van der Waals surface area contributed by atoms with Crippen LogP contribution in [0.25, 0.3) is 10.8 Å². The molecule has 0 spiro atoms. The molecule has 0 aliphatic heterocycles. The number of aliphatic hydroxyl groups is 1. The van der Waals surface area contributed by atoms with Gasteiger partial charge in [-0.05, 0) is 29.7 Å². The number of rotatable bonds is 6. The zero-order chi connectivity index (χ0) is 16.1. The van der Waals surface area contributed by atoms with Crippen molar-refractivity contribution in [1.82, 2.24) is 0 Å². The lowest BCUT2D eigenvalue weighted by Gasteiger charge is -2.13. The van der Waals surface area contributed by atoms with Gasteiger partial charge in [0.1, 0.15) is 18.1 Å². The Hall–Kier alpha value is -2.17. The molecule has 2 N–H and O–H groups in total. The van der Waals surface area contributed by atoms with Gasteiger partial charge in [-0.25, -0.2) is 0 Å². The summed E-state index contributed by atoms with van der Waals surface area (Å²) in [6.45, 7) is 0.257. The topological polar surface area (TPSA) is 49.7 Å². The van der Waals surface area contributed by atoms with Crippen molar-refractivity contribution in [3.8, 4) is 11.5 Å². The SMILES string of the molecule is Oc1cccc2c(SCC(O)COc3ccccc3)cccc12. The Morgan fingerprint density at radius 1 is 0.870 bits per heavy atom. The van der Waals surface area contributed by atoms with Gasteiger partial charge in [-0.3, -0.25) is 0 Å². The molecule has 0 radical (unpaired) electrons. The van der Waals surface area contributed by atoms with E-state index in [9.17, 15) is 10.2 Å². The number of phenols is 1. The Labute approximate surface area is 139 Å². The molecule has 0 saturated heterocycles. The lowest BCUT2D eigenvalue weighted by Crippen LogP contribution is -2.20. The molecule has 3 aromatic carbocycles. The first kappa shape index (κ1) is 15.7. The Bertz CT molecular complexity index is 774. The number of thioether (sulfide) groups is 1. The van der Waals surface area contributed by atoms with Gasteiger partial charge in [0.2, 0.25) is 0 Å². The van der Waals surface area contributed by atoms with E-state index in [2.05, 4.69) is 0 Å². The highest BCUT2D eigenvalue weighted by Crippen LogP contribution is 2.32. The van der Waals surface area contributed by atoms with Crippen LogP contribution in [-0.4, -0.2) is 28.7 Å². The molecule has 0 saturated carbocycles. The van der Waals surface area contributed by atoms with Crippen molar-refractivity contribution >= 4 is 22.5 Å². The molecule has 0 fully saturated rings. The highest BCUT2D eigenvalue weighted by molar-refractivity contribution is 7.99. The second kappa shape index (κ2) is 7.40. The number of benzene rings is 3. The van der Waals surface area contributed by atoms with E-state index in [0.29, 0.717) is 5.75 Å². The fourth-order valence-corrected chi connectivity index (χ4v) is 3.31. The van der Waals surface area contributed by atoms with Gasteiger partial charge in [0, 0.05) is 16.0 Å². The van der Waals surface area contributed by atoms with Crippen LogP contribution in [0.4, 0.5) is 0 Å². The van der Waals surface area contributed by atoms with Crippen molar-refractivity contribution in [3.05, 3.63) is 66.7 Å². The molecule has 3 rings (SSSR count). The summed E-state index contributed by atoms with van der Waals surface area (Å²) in [4.78, 5) is 1.04. The fraction of sp³-hybridized carbons (Fsp3) is 0.158. The third-order valence-electron chi connectivity index (χ3n) is 3.48. The van der Waals surface area contributed by atoms with Crippen molar-refractivity contribution in [1.29, 1.82) is 0 Å². The van der Waals surface area contributed by atoms with Crippen molar-refractivity contribution in [2.45, 2.75) is 11.0 Å². The summed E-state index contributed by atoms with van der Waals surface area (Å²) < 4.78 is 5.56. The third-order valence-corrected chi connectivity index (χ3v) is 4.69. The molecule has 0 amide bonds. The van der Waals surface area contributed by atoms with Crippen molar-refractivity contribution < 1.29 is 14.9 Å². The number of fused-ring (bicyclic) bond motifs is 1. The van der Waals surface area contributed by atoms with Crippen LogP contribution in [0.3, 0.4) is 0 Å². The van der Waals surface area contributed by atoms with Gasteiger partial charge in [-0.15, -0.1) is 11.8 Å². The molecule has 23 heavy (non-hydrogen) atoms. The van der Waals surface area contributed by atoms with E-state index in [-0.39, 0.29) is 12.4 Å². The minimum atomic E-state index is -0.562. The first-order valence-corrected chi connectivity index (χ1v) is 8.42. The van der Waals surface area contributed by atoms with Crippen LogP contribution in [0.5, 0.6) is 11.5 Å². The van der Waals surface area contributed by atoms with E-state index in [1.807, 2.05) is 60.7 Å². The third kappa shape index (κ3) is 3.97. The first-order valence-electron chi connectivity index (χ1n) is 7.43. The number of hydrogen-bond acceptors (Lipinski definition) is 4. The van der Waals surface area contributed by atoms with E-state index < -0.39 is 6.10 Å². The number of ether oxygens (including phenoxy) is 1. The minimum absolute atomic E-state index is 0.257. The normalized spacial score (nSPS) is 12.2. The lowest BCUT2D eigenvalue weighted by atomic mass is 10.1. The first-order chi connectivity index (χ1) is 11.2. The molecule has 1 atom stereocenters. The molecule has 3 aromatic rings. The quantitative estimate of drug-likeness (QED) is 0.670. The summed E-state index contributed by atoms with van der Waals surface area (Å²) in [7, 11) is 0. The summed E-state index contributed by atoms with van der Waals surface area (Å²) in [6.07, 6.45) is -0.562. The fourth-order valence-electron chi connectivity index (χ4n) is 2.33. The van der Waals surface area contributed by atoms with Crippen LogP contribution in [0.1, 0.15) is 0 Å². The average molecular weight is 326 g/mol. The minimum Gasteiger partial charge on any atom is -0.507 e. The number of hydrogen-bond donors (Lipinski definition) is 2. The molecule has 4 heteroatoms. The van der Waals surface area contributed by atoms with Gasteiger partial charge in [0.05, 0.1) is 6.10 Å². The van der Waals surface area contributed by atoms with Crippen LogP contribution in [0.15, 0.2) is 71.6 Å². The molecular formula is C19H18O3S. The summed E-state index contributed by atoms with van der Waals surface area (Å²) in [5.74, 6) is 1.56. The second-order valence-electron chi connectivity index (χ2n) is 5.22. The van der Waals surface area contributed by atoms with Crippen LogP contribution in [0, 0.1) is 0 Å². The predicted octanol–water partition coefficient (Wildman–Crippen LogP) is 4.08. The van der Waals surface area contributed by atoms with Crippen molar-refractivity contribution in [2.24, 2.45) is 0 Å². The Kier molecular flexibility index (Phi) is 5.05. The van der Waals surface area contributed by atoms with Crippen LogP contribution in [-0.2, 0) is 0 Å². The number of para-hydroxylation sites is 1. The van der Waals surface area contributed by atoms with E-state index in [1.54, 1.807) is 17.8 Å². The highest BCUT2D eigenvalue weighted by atomic mass is 32.2. The van der Waals surface area contributed by atoms with Gasteiger partial charge in [0.25, 0.3) is 0 Å². The van der Waals surface area contributed by atoms with Gasteiger partial charge >= 0.3 is 0 Å². The molecule has 0 aliphatic rings. The Balaban J connectivity index is 1.61. The average Bonchev–Trinajstić information content (AvgIpc) is 2.59. The molecule has 3 nitrogen and oxygen atoms in total. The monoisotopic (exact) mass is 326 g/mol. The summed E-state index contributed by atoms with van der Waals surface area (Å²) in [5, 5.41) is 21.8. The predicted molar refractivity (Wildman–Crippen MR) is 94.3 cm³/mol. The molecule has 118 valence electrons. The molecule has 0 aliphatic carbocycles. The van der Waals surface area contributed by atoms with Crippen LogP contribution in [0.2, 0.25) is 0 Å². The molecule has 1 unspecified atom stereocenters. The number of phenolic OH excluding ortho intramolecular Hbond substituents is 1. The largest absolute Gasteiger partial charge is 0.507 e. The highest BCUT2D eigenvalue weighted by Gasteiger charge is 2.09. The summed E-state index contributed by atoms with van der Waals surface area (Å²) >= 11 is 1.56. The zero-order valence-corrected chi connectivity index (χ0v) is 13.4. The molecule has 0 heterocycles. The summed E-state index contributed by atoms with van der Waals surface area (Å²) in [6, 6.07) is 20.8. The Morgan fingerprint density at radius 2 is 1.61 bits per heavy atom. The second-order valence-corrected chi connectivity index (χ2v) is 6.28. The van der Waals surface area contributed by atoms with Gasteiger partial charge < -0.3 is 14.9 Å².